The zero-order valence-electron chi connectivity index (χ0n) is 15.4. The summed E-state index contributed by atoms with van der Waals surface area (Å²) in [4.78, 5) is 16.4. The first-order valence-electron chi connectivity index (χ1n) is 8.78. The van der Waals surface area contributed by atoms with Gasteiger partial charge < -0.3 is 15.1 Å². The molecule has 3 rings (SSSR count). The number of oxazole rings is 1. The van der Waals surface area contributed by atoms with Crippen molar-refractivity contribution in [1.82, 2.24) is 10.3 Å². The van der Waals surface area contributed by atoms with E-state index in [1.165, 1.54) is 0 Å². The first kappa shape index (κ1) is 21.0. The number of amides is 1. The number of carbonyl (C=O) groups excluding carboxylic acids is 1. The van der Waals surface area contributed by atoms with Gasteiger partial charge in [0.2, 0.25) is 11.8 Å². The summed E-state index contributed by atoms with van der Waals surface area (Å²) < 4.78 is 6.88. The molecule has 2 N–H and O–H groups in total. The zero-order chi connectivity index (χ0) is 20.3. The van der Waals surface area contributed by atoms with E-state index in [0.717, 1.165) is 21.2 Å². The Morgan fingerprint density at radius 2 is 2.07 bits per heavy atom. The van der Waals surface area contributed by atoms with Gasteiger partial charge in [0.05, 0.1) is 10.6 Å². The van der Waals surface area contributed by atoms with Crippen LogP contribution in [-0.4, -0.2) is 16.0 Å². The van der Waals surface area contributed by atoms with Crippen LogP contribution in [0.4, 0.5) is 5.69 Å². The van der Waals surface area contributed by atoms with Crippen molar-refractivity contribution in [3.05, 3.63) is 45.0 Å². The van der Waals surface area contributed by atoms with Crippen LogP contribution >= 0.6 is 46.4 Å². The Balaban J connectivity index is 1.73. The molecule has 1 heterocycles. The van der Waals surface area contributed by atoms with E-state index in [1.807, 2.05) is 30.3 Å². The van der Waals surface area contributed by atoms with E-state index in [9.17, 15) is 4.79 Å². The van der Waals surface area contributed by atoms with E-state index in [-0.39, 0.29) is 11.0 Å². The Hall–Kier alpha value is -1.71. The van der Waals surface area contributed by atoms with Crippen molar-refractivity contribution in [3.63, 3.8) is 0 Å². The fraction of sp³-hybridized carbons (Fsp3) is 0.250. The molecular formula is C20H19ClIN3O2S. The van der Waals surface area contributed by atoms with Crippen molar-refractivity contribution in [2.24, 2.45) is 5.92 Å². The summed E-state index contributed by atoms with van der Waals surface area (Å²) >= 11 is 13.7. The van der Waals surface area contributed by atoms with Gasteiger partial charge in [-0.05, 0) is 83.5 Å². The third-order valence-corrected chi connectivity index (χ3v) is 5.21. The quantitative estimate of drug-likeness (QED) is 0.315. The minimum absolute atomic E-state index is 0.0932. The van der Waals surface area contributed by atoms with E-state index in [0.29, 0.717) is 34.4 Å². The third kappa shape index (κ3) is 5.42. The summed E-state index contributed by atoms with van der Waals surface area (Å²) in [6, 6.07) is 11.1. The number of anilines is 1. The summed E-state index contributed by atoms with van der Waals surface area (Å²) in [6.45, 7) is 4.16. The molecule has 0 aliphatic rings. The molecule has 0 bridgehead atoms. The van der Waals surface area contributed by atoms with Gasteiger partial charge in [-0.2, -0.15) is 0 Å². The zero-order valence-corrected chi connectivity index (χ0v) is 19.1. The van der Waals surface area contributed by atoms with Crippen molar-refractivity contribution in [1.29, 1.82) is 0 Å². The summed E-state index contributed by atoms with van der Waals surface area (Å²) in [7, 11) is 0. The molecule has 0 saturated heterocycles. The summed E-state index contributed by atoms with van der Waals surface area (Å²) in [5, 5.41) is 6.55. The molecule has 1 aromatic heterocycles. The molecule has 0 aliphatic heterocycles. The SMILES string of the molecule is CC(C)CCC(=O)NC(=S)Nc1ccc2oc(-c3cc(I)ccc3Cl)nc2c1. The van der Waals surface area contributed by atoms with Crippen LogP contribution in [0.3, 0.4) is 0 Å². The Morgan fingerprint density at radius 1 is 1.29 bits per heavy atom. The van der Waals surface area contributed by atoms with E-state index in [4.69, 9.17) is 28.2 Å². The highest BCUT2D eigenvalue weighted by Crippen LogP contribution is 2.32. The average Bonchev–Trinajstić information content (AvgIpc) is 3.05. The summed E-state index contributed by atoms with van der Waals surface area (Å²) in [5.41, 5.74) is 2.77. The molecule has 2 aromatic carbocycles. The number of halogens is 2. The molecule has 0 saturated carbocycles. The molecule has 0 atom stereocenters. The first-order chi connectivity index (χ1) is 13.3. The molecule has 28 heavy (non-hydrogen) atoms. The van der Waals surface area contributed by atoms with Gasteiger partial charge in [-0.1, -0.05) is 25.4 Å². The van der Waals surface area contributed by atoms with Gasteiger partial charge in [0, 0.05) is 15.7 Å². The number of nitrogens with zero attached hydrogens (tertiary/aromatic N) is 1. The van der Waals surface area contributed by atoms with Gasteiger partial charge in [0.15, 0.2) is 10.7 Å². The second-order valence-electron chi connectivity index (χ2n) is 6.76. The lowest BCUT2D eigenvalue weighted by atomic mass is 10.1. The topological polar surface area (TPSA) is 67.2 Å². The van der Waals surface area contributed by atoms with Crippen LogP contribution in [0.15, 0.2) is 40.8 Å². The number of aromatic nitrogens is 1. The molecule has 146 valence electrons. The monoisotopic (exact) mass is 527 g/mol. The largest absolute Gasteiger partial charge is 0.436 e. The Labute approximate surface area is 187 Å². The molecule has 0 spiro atoms. The molecule has 8 heteroatoms. The Kier molecular flexibility index (Phi) is 6.90. The predicted molar refractivity (Wildman–Crippen MR) is 126 cm³/mol. The number of thiocarbonyl (C=S) groups is 1. The van der Waals surface area contributed by atoms with Crippen LogP contribution in [0, 0.1) is 9.49 Å². The summed E-state index contributed by atoms with van der Waals surface area (Å²) in [5.74, 6) is 0.835. The highest BCUT2D eigenvalue weighted by molar-refractivity contribution is 14.1. The van der Waals surface area contributed by atoms with Crippen molar-refractivity contribution >= 4 is 74.2 Å². The van der Waals surface area contributed by atoms with Crippen molar-refractivity contribution < 1.29 is 9.21 Å². The number of hydrogen-bond acceptors (Lipinski definition) is 4. The smallest absolute Gasteiger partial charge is 0.228 e. The normalized spacial score (nSPS) is 11.0. The van der Waals surface area contributed by atoms with Crippen LogP contribution < -0.4 is 10.6 Å². The molecule has 3 aromatic rings. The van der Waals surface area contributed by atoms with E-state index >= 15 is 0 Å². The maximum absolute atomic E-state index is 11.9. The third-order valence-electron chi connectivity index (χ3n) is 4.01. The fourth-order valence-corrected chi connectivity index (χ4v) is 3.47. The molecule has 0 aliphatic carbocycles. The molecule has 0 radical (unpaired) electrons. The lowest BCUT2D eigenvalue weighted by Crippen LogP contribution is -2.34. The number of carbonyl (C=O) groups is 1. The Morgan fingerprint density at radius 3 is 2.82 bits per heavy atom. The van der Waals surface area contributed by atoms with Gasteiger partial charge in [-0.25, -0.2) is 4.98 Å². The highest BCUT2D eigenvalue weighted by Gasteiger charge is 2.13. The second-order valence-corrected chi connectivity index (χ2v) is 8.82. The molecule has 1 amide bonds. The minimum atomic E-state index is -0.0932. The summed E-state index contributed by atoms with van der Waals surface area (Å²) in [6.07, 6.45) is 1.27. The van der Waals surface area contributed by atoms with E-state index < -0.39 is 0 Å². The van der Waals surface area contributed by atoms with Crippen LogP contribution in [-0.2, 0) is 4.79 Å². The van der Waals surface area contributed by atoms with Crippen molar-refractivity contribution in [2.75, 3.05) is 5.32 Å². The van der Waals surface area contributed by atoms with E-state index in [2.05, 4.69) is 52.1 Å². The first-order valence-corrected chi connectivity index (χ1v) is 10.6. The number of rotatable bonds is 5. The van der Waals surface area contributed by atoms with Crippen molar-refractivity contribution in [2.45, 2.75) is 26.7 Å². The average molecular weight is 528 g/mol. The highest BCUT2D eigenvalue weighted by atomic mass is 127. The predicted octanol–water partition coefficient (Wildman–Crippen LogP) is 6.00. The molecule has 5 nitrogen and oxygen atoms in total. The fourth-order valence-electron chi connectivity index (χ4n) is 2.55. The second kappa shape index (κ2) is 9.19. The van der Waals surface area contributed by atoms with Crippen molar-refractivity contribution in [3.8, 4) is 11.5 Å². The maximum Gasteiger partial charge on any atom is 0.228 e. The number of nitrogens with one attached hydrogen (secondary N) is 2. The van der Waals surface area contributed by atoms with Gasteiger partial charge >= 0.3 is 0 Å². The van der Waals surface area contributed by atoms with Crippen LogP contribution in [0.5, 0.6) is 0 Å². The molecular weight excluding hydrogens is 509 g/mol. The van der Waals surface area contributed by atoms with Gasteiger partial charge in [-0.3, -0.25) is 4.79 Å². The molecule has 0 fully saturated rings. The standard InChI is InChI=1S/C20H19ClIN3O2S/c1-11(2)3-8-18(26)25-20(28)23-13-5-7-17-16(10-13)24-19(27-17)14-9-12(22)4-6-15(14)21/h4-7,9-11H,3,8H2,1-2H3,(H2,23,25,26,28). The Bertz CT molecular complexity index is 1040. The minimum Gasteiger partial charge on any atom is -0.436 e. The van der Waals surface area contributed by atoms with Gasteiger partial charge in [0.25, 0.3) is 0 Å². The number of hydrogen-bond donors (Lipinski definition) is 2. The number of fused-ring (bicyclic) bond motifs is 1. The van der Waals surface area contributed by atoms with Gasteiger partial charge in [-0.15, -0.1) is 0 Å². The maximum atomic E-state index is 11.9. The molecule has 0 unspecified atom stereocenters. The lowest BCUT2D eigenvalue weighted by molar-refractivity contribution is -0.119. The van der Waals surface area contributed by atoms with Gasteiger partial charge in [0.1, 0.15) is 5.52 Å². The van der Waals surface area contributed by atoms with E-state index in [1.54, 1.807) is 6.07 Å². The van der Waals surface area contributed by atoms with Crippen LogP contribution in [0.2, 0.25) is 5.02 Å². The lowest BCUT2D eigenvalue weighted by Gasteiger charge is -2.10. The van der Waals surface area contributed by atoms with Crippen LogP contribution in [0.25, 0.3) is 22.6 Å². The number of benzene rings is 2. The van der Waals surface area contributed by atoms with Crippen LogP contribution in [0.1, 0.15) is 26.7 Å².